The standard InChI is InChI=1S/C15H13N3O5S/c19-13(17-15-16-9-5-1-2-7-11(9)24-15)12-8(14(20)21)4-3-6-10(12)18(22)23/h3-4,6H,1-2,5,7H2,(H,20,21)(H,16,17,19). The van der Waals surface area contributed by atoms with Gasteiger partial charge >= 0.3 is 5.97 Å². The molecule has 0 fully saturated rings. The van der Waals surface area contributed by atoms with E-state index in [1.807, 2.05) is 0 Å². The molecule has 0 unspecified atom stereocenters. The number of benzene rings is 1. The van der Waals surface area contributed by atoms with Crippen molar-refractivity contribution in [2.24, 2.45) is 0 Å². The SMILES string of the molecule is O=C(O)c1cccc([N+](=O)[O-])c1C(=O)Nc1nc2c(s1)CCCC2. The molecule has 0 saturated heterocycles. The number of carbonyl (C=O) groups is 2. The molecule has 2 N–H and O–H groups in total. The zero-order valence-electron chi connectivity index (χ0n) is 12.4. The molecule has 0 atom stereocenters. The van der Waals surface area contributed by atoms with Gasteiger partial charge in [-0.2, -0.15) is 0 Å². The van der Waals surface area contributed by atoms with E-state index in [4.69, 9.17) is 0 Å². The lowest BCUT2D eigenvalue weighted by molar-refractivity contribution is -0.385. The van der Waals surface area contributed by atoms with Crippen LogP contribution in [-0.4, -0.2) is 26.9 Å². The van der Waals surface area contributed by atoms with E-state index >= 15 is 0 Å². The van der Waals surface area contributed by atoms with Crippen LogP contribution < -0.4 is 5.32 Å². The molecule has 3 rings (SSSR count). The number of rotatable bonds is 4. The van der Waals surface area contributed by atoms with Crippen molar-refractivity contribution in [3.8, 4) is 0 Å². The molecule has 0 aliphatic heterocycles. The molecule has 1 heterocycles. The number of nitro benzene ring substituents is 1. The molecule has 1 aromatic heterocycles. The second-order valence-corrected chi connectivity index (χ2v) is 6.40. The molecule has 9 heteroatoms. The van der Waals surface area contributed by atoms with Crippen LogP contribution in [0, 0.1) is 10.1 Å². The molecule has 0 spiro atoms. The highest BCUT2D eigenvalue weighted by molar-refractivity contribution is 7.15. The molecule has 124 valence electrons. The van der Waals surface area contributed by atoms with Crippen molar-refractivity contribution < 1.29 is 19.6 Å². The maximum Gasteiger partial charge on any atom is 0.336 e. The Labute approximate surface area is 140 Å². The summed E-state index contributed by atoms with van der Waals surface area (Å²) in [6.07, 6.45) is 3.84. The number of fused-ring (bicyclic) bond motifs is 1. The number of nitrogens with one attached hydrogen (secondary N) is 1. The van der Waals surface area contributed by atoms with Gasteiger partial charge in [0, 0.05) is 10.9 Å². The molecule has 1 aliphatic rings. The first kappa shape index (κ1) is 16.1. The number of thiazole rings is 1. The van der Waals surface area contributed by atoms with Crippen LogP contribution in [0.3, 0.4) is 0 Å². The quantitative estimate of drug-likeness (QED) is 0.647. The van der Waals surface area contributed by atoms with Gasteiger partial charge in [-0.05, 0) is 31.7 Å². The van der Waals surface area contributed by atoms with E-state index in [1.54, 1.807) is 0 Å². The number of amides is 1. The Bertz CT molecular complexity index is 790. The number of nitrogens with zero attached hydrogens (tertiary/aromatic N) is 2. The van der Waals surface area contributed by atoms with Crippen LogP contribution in [0.4, 0.5) is 10.8 Å². The summed E-state index contributed by atoms with van der Waals surface area (Å²) >= 11 is 1.33. The van der Waals surface area contributed by atoms with Crippen molar-refractivity contribution in [2.75, 3.05) is 5.32 Å². The Morgan fingerprint density at radius 2 is 2.04 bits per heavy atom. The van der Waals surface area contributed by atoms with Crippen LogP contribution in [0.1, 0.15) is 44.1 Å². The zero-order chi connectivity index (χ0) is 17.3. The molecule has 8 nitrogen and oxygen atoms in total. The van der Waals surface area contributed by atoms with E-state index in [1.165, 1.54) is 17.4 Å². The summed E-state index contributed by atoms with van der Waals surface area (Å²) in [7, 11) is 0. The molecule has 0 bridgehead atoms. The third kappa shape index (κ3) is 2.98. The van der Waals surface area contributed by atoms with Gasteiger partial charge in [0.2, 0.25) is 0 Å². The number of aromatic nitrogens is 1. The van der Waals surface area contributed by atoms with Gasteiger partial charge in [0.05, 0.1) is 16.2 Å². The predicted octanol–water partition coefficient (Wildman–Crippen LogP) is 2.88. The van der Waals surface area contributed by atoms with Gasteiger partial charge in [0.25, 0.3) is 11.6 Å². The van der Waals surface area contributed by atoms with Gasteiger partial charge in [-0.3, -0.25) is 20.2 Å². The first-order valence-corrected chi connectivity index (χ1v) is 8.09. The average Bonchev–Trinajstić information content (AvgIpc) is 2.95. The smallest absolute Gasteiger partial charge is 0.336 e. The molecule has 1 aromatic carbocycles. The van der Waals surface area contributed by atoms with Crippen molar-refractivity contribution in [2.45, 2.75) is 25.7 Å². The topological polar surface area (TPSA) is 122 Å². The summed E-state index contributed by atoms with van der Waals surface area (Å²) < 4.78 is 0. The number of carboxylic acid groups (broad SMARTS) is 1. The molecule has 0 radical (unpaired) electrons. The number of nitro groups is 1. The number of carbonyl (C=O) groups excluding carboxylic acids is 1. The van der Waals surface area contributed by atoms with E-state index in [0.717, 1.165) is 48.4 Å². The van der Waals surface area contributed by atoms with Gasteiger partial charge in [-0.1, -0.05) is 6.07 Å². The first-order chi connectivity index (χ1) is 11.5. The van der Waals surface area contributed by atoms with Crippen LogP contribution in [-0.2, 0) is 12.8 Å². The third-order valence-corrected chi connectivity index (χ3v) is 4.84. The van der Waals surface area contributed by atoms with Gasteiger partial charge in [-0.15, -0.1) is 11.3 Å². The molecule has 1 amide bonds. The summed E-state index contributed by atoms with van der Waals surface area (Å²) in [5.41, 5.74) is -0.498. The van der Waals surface area contributed by atoms with Crippen LogP contribution in [0.25, 0.3) is 0 Å². The lowest BCUT2D eigenvalue weighted by Crippen LogP contribution is -2.18. The van der Waals surface area contributed by atoms with E-state index < -0.39 is 33.6 Å². The summed E-state index contributed by atoms with van der Waals surface area (Å²) in [5, 5.41) is 23.2. The van der Waals surface area contributed by atoms with E-state index in [9.17, 15) is 24.8 Å². The average molecular weight is 347 g/mol. The van der Waals surface area contributed by atoms with E-state index in [2.05, 4.69) is 10.3 Å². The van der Waals surface area contributed by atoms with Crippen LogP contribution in [0.2, 0.25) is 0 Å². The fourth-order valence-corrected chi connectivity index (χ4v) is 3.72. The number of anilines is 1. The second kappa shape index (κ2) is 6.36. The second-order valence-electron chi connectivity index (χ2n) is 5.31. The summed E-state index contributed by atoms with van der Waals surface area (Å²) in [6, 6.07) is 3.51. The number of aromatic carboxylic acids is 1. The van der Waals surface area contributed by atoms with Crippen molar-refractivity contribution in [1.82, 2.24) is 4.98 Å². The number of hydrogen-bond acceptors (Lipinski definition) is 6. The van der Waals surface area contributed by atoms with Crippen LogP contribution >= 0.6 is 11.3 Å². The zero-order valence-corrected chi connectivity index (χ0v) is 13.3. The molecular formula is C15H13N3O5S. The molecule has 1 aliphatic carbocycles. The maximum absolute atomic E-state index is 12.5. The summed E-state index contributed by atoms with van der Waals surface area (Å²) in [6.45, 7) is 0. The van der Waals surface area contributed by atoms with Crippen molar-refractivity contribution in [3.05, 3.63) is 50.0 Å². The maximum atomic E-state index is 12.5. The molecular weight excluding hydrogens is 334 g/mol. The highest BCUT2D eigenvalue weighted by atomic mass is 32.1. The first-order valence-electron chi connectivity index (χ1n) is 7.28. The third-order valence-electron chi connectivity index (χ3n) is 3.76. The summed E-state index contributed by atoms with van der Waals surface area (Å²) in [5.74, 6) is -2.24. The lowest BCUT2D eigenvalue weighted by Gasteiger charge is -2.06. The Morgan fingerprint density at radius 1 is 1.29 bits per heavy atom. The van der Waals surface area contributed by atoms with E-state index in [-0.39, 0.29) is 0 Å². The number of carboxylic acids is 1. The Kier molecular flexibility index (Phi) is 4.26. The van der Waals surface area contributed by atoms with Crippen molar-refractivity contribution in [1.29, 1.82) is 0 Å². The van der Waals surface area contributed by atoms with Crippen molar-refractivity contribution >= 4 is 34.0 Å². The van der Waals surface area contributed by atoms with Gasteiger partial charge in [0.1, 0.15) is 5.56 Å². The van der Waals surface area contributed by atoms with Gasteiger partial charge in [0.15, 0.2) is 5.13 Å². The van der Waals surface area contributed by atoms with Crippen LogP contribution in [0.15, 0.2) is 18.2 Å². The molecule has 24 heavy (non-hydrogen) atoms. The fraction of sp³-hybridized carbons (Fsp3) is 0.267. The predicted molar refractivity (Wildman–Crippen MR) is 86.8 cm³/mol. The highest BCUT2D eigenvalue weighted by Crippen LogP contribution is 2.31. The lowest BCUT2D eigenvalue weighted by atomic mass is 10.0. The largest absolute Gasteiger partial charge is 0.478 e. The highest BCUT2D eigenvalue weighted by Gasteiger charge is 2.28. The molecule has 2 aromatic rings. The van der Waals surface area contributed by atoms with Gasteiger partial charge < -0.3 is 5.11 Å². The Balaban J connectivity index is 1.96. The Hall–Kier alpha value is -2.81. The number of aryl methyl sites for hydroxylation is 2. The monoisotopic (exact) mass is 347 g/mol. The number of hydrogen-bond donors (Lipinski definition) is 2. The van der Waals surface area contributed by atoms with Crippen molar-refractivity contribution in [3.63, 3.8) is 0 Å². The molecule has 0 saturated carbocycles. The fourth-order valence-electron chi connectivity index (χ4n) is 2.67. The minimum Gasteiger partial charge on any atom is -0.478 e. The van der Waals surface area contributed by atoms with Crippen LogP contribution in [0.5, 0.6) is 0 Å². The normalized spacial score (nSPS) is 13.2. The minimum absolute atomic E-state index is 0.335. The Morgan fingerprint density at radius 3 is 2.71 bits per heavy atom. The summed E-state index contributed by atoms with van der Waals surface area (Å²) in [4.78, 5) is 39.6. The van der Waals surface area contributed by atoms with E-state index in [0.29, 0.717) is 5.13 Å². The van der Waals surface area contributed by atoms with Gasteiger partial charge in [-0.25, -0.2) is 9.78 Å². The minimum atomic E-state index is -1.40.